The third-order valence-corrected chi connectivity index (χ3v) is 4.58. The lowest BCUT2D eigenvalue weighted by molar-refractivity contribution is 0.0644. The first-order chi connectivity index (χ1) is 13.3. The van der Waals surface area contributed by atoms with Crippen LogP contribution in [0.1, 0.15) is 29.4 Å². The maximum atomic E-state index is 12.7. The minimum absolute atomic E-state index is 0.0172. The molecule has 0 spiro atoms. The summed E-state index contributed by atoms with van der Waals surface area (Å²) >= 11 is 0. The Morgan fingerprint density at radius 1 is 1.15 bits per heavy atom. The molecule has 0 atom stereocenters. The molecule has 0 unspecified atom stereocenters. The van der Waals surface area contributed by atoms with Crippen molar-refractivity contribution in [3.05, 3.63) is 60.1 Å². The molecule has 0 aliphatic carbocycles. The van der Waals surface area contributed by atoms with E-state index in [0.29, 0.717) is 11.5 Å². The second kappa shape index (κ2) is 9.83. The molecule has 6 nitrogen and oxygen atoms in total. The van der Waals surface area contributed by atoms with Gasteiger partial charge in [-0.2, -0.15) is 0 Å². The van der Waals surface area contributed by atoms with Gasteiger partial charge in [-0.3, -0.25) is 9.69 Å². The number of piperazine rings is 1. The minimum Gasteiger partial charge on any atom is -0.370 e. The van der Waals surface area contributed by atoms with E-state index in [4.69, 9.17) is 0 Å². The Kier molecular flexibility index (Phi) is 6.93. The molecule has 2 heterocycles. The molecular formula is C21H27N5O. The van der Waals surface area contributed by atoms with E-state index in [2.05, 4.69) is 51.4 Å². The van der Waals surface area contributed by atoms with Gasteiger partial charge in [-0.15, -0.1) is 0 Å². The first-order valence-corrected chi connectivity index (χ1v) is 9.55. The Labute approximate surface area is 160 Å². The highest BCUT2D eigenvalue weighted by molar-refractivity contribution is 5.93. The second-order valence-corrected chi connectivity index (χ2v) is 6.62. The number of rotatable bonds is 7. The molecule has 1 aromatic heterocycles. The molecule has 2 aromatic rings. The predicted molar refractivity (Wildman–Crippen MR) is 109 cm³/mol. The zero-order valence-corrected chi connectivity index (χ0v) is 15.8. The summed E-state index contributed by atoms with van der Waals surface area (Å²) in [5.41, 5.74) is 1.67. The molecule has 1 fully saturated rings. The molecule has 3 rings (SSSR count). The molecule has 1 aliphatic heterocycles. The molecule has 1 N–H and O–H groups in total. The Hall–Kier alpha value is -2.73. The molecule has 1 saturated heterocycles. The number of hydrogen-bond donors (Lipinski definition) is 1. The number of aromatic nitrogens is 2. The van der Waals surface area contributed by atoms with Crippen LogP contribution >= 0.6 is 0 Å². The monoisotopic (exact) mass is 365 g/mol. The second-order valence-electron chi connectivity index (χ2n) is 6.62. The van der Waals surface area contributed by atoms with Crippen molar-refractivity contribution in [2.75, 3.05) is 44.6 Å². The summed E-state index contributed by atoms with van der Waals surface area (Å²) in [6.45, 7) is 7.01. The van der Waals surface area contributed by atoms with Gasteiger partial charge in [-0.25, -0.2) is 9.97 Å². The molecule has 6 heteroatoms. The zero-order chi connectivity index (χ0) is 18.9. The van der Waals surface area contributed by atoms with Gasteiger partial charge >= 0.3 is 0 Å². The maximum Gasteiger partial charge on any atom is 0.272 e. The van der Waals surface area contributed by atoms with Crippen molar-refractivity contribution in [2.45, 2.75) is 13.3 Å². The van der Waals surface area contributed by atoms with Gasteiger partial charge in [0.2, 0.25) is 0 Å². The van der Waals surface area contributed by atoms with E-state index < -0.39 is 0 Å². The van der Waals surface area contributed by atoms with Crippen molar-refractivity contribution in [1.82, 2.24) is 19.8 Å². The number of amides is 1. The van der Waals surface area contributed by atoms with E-state index in [9.17, 15) is 4.79 Å². The van der Waals surface area contributed by atoms with Crippen LogP contribution in [-0.4, -0.2) is 64.9 Å². The third-order valence-electron chi connectivity index (χ3n) is 4.58. The lowest BCUT2D eigenvalue weighted by Crippen LogP contribution is -2.48. The fraction of sp³-hybridized carbons (Fsp3) is 0.381. The number of nitrogens with one attached hydrogen (secondary N) is 1. The summed E-state index contributed by atoms with van der Waals surface area (Å²) < 4.78 is 0. The van der Waals surface area contributed by atoms with Crippen molar-refractivity contribution in [1.29, 1.82) is 0 Å². The van der Waals surface area contributed by atoms with Crippen molar-refractivity contribution in [2.24, 2.45) is 0 Å². The molecular weight excluding hydrogens is 338 g/mol. The summed E-state index contributed by atoms with van der Waals surface area (Å²) in [5.74, 6) is 0.691. The quantitative estimate of drug-likeness (QED) is 0.817. The number of hydrogen-bond acceptors (Lipinski definition) is 5. The van der Waals surface area contributed by atoms with Crippen LogP contribution in [0.3, 0.4) is 0 Å². The van der Waals surface area contributed by atoms with Crippen LogP contribution in [0.4, 0.5) is 5.82 Å². The normalized spacial score (nSPS) is 15.2. The number of carbonyl (C=O) groups is 1. The molecule has 1 amide bonds. The lowest BCUT2D eigenvalue weighted by Gasteiger charge is -2.34. The maximum absolute atomic E-state index is 12.7. The first-order valence-electron chi connectivity index (χ1n) is 9.55. The molecule has 27 heavy (non-hydrogen) atoms. The van der Waals surface area contributed by atoms with Crippen molar-refractivity contribution in [3.8, 4) is 0 Å². The van der Waals surface area contributed by atoms with Gasteiger partial charge in [0.25, 0.3) is 5.91 Å². The summed E-state index contributed by atoms with van der Waals surface area (Å²) in [6, 6.07) is 12.0. The van der Waals surface area contributed by atoms with E-state index >= 15 is 0 Å². The summed E-state index contributed by atoms with van der Waals surface area (Å²) in [5, 5.41) is 3.20. The fourth-order valence-corrected chi connectivity index (χ4v) is 3.02. The summed E-state index contributed by atoms with van der Waals surface area (Å²) in [6.07, 6.45) is 6.79. The van der Waals surface area contributed by atoms with E-state index in [1.54, 1.807) is 6.07 Å². The standard InChI is InChI=1S/C21H27N5O/c1-2-10-22-20-16-19(23-17-24-20)21(27)26-14-12-25(13-15-26)11-6-9-18-7-4-3-5-8-18/h3-9,16-17H,2,10-15H2,1H3,(H,22,23,24)/b9-6+. The van der Waals surface area contributed by atoms with E-state index in [-0.39, 0.29) is 5.91 Å². The smallest absolute Gasteiger partial charge is 0.272 e. The highest BCUT2D eigenvalue weighted by atomic mass is 16.2. The van der Waals surface area contributed by atoms with E-state index in [0.717, 1.165) is 45.7 Å². The number of carbonyl (C=O) groups excluding carboxylic acids is 1. The Bertz CT molecular complexity index is 754. The number of nitrogens with zero attached hydrogens (tertiary/aromatic N) is 4. The van der Waals surface area contributed by atoms with Crippen LogP contribution in [0.25, 0.3) is 6.08 Å². The zero-order valence-electron chi connectivity index (χ0n) is 15.8. The van der Waals surface area contributed by atoms with E-state index in [1.165, 1.54) is 11.9 Å². The van der Waals surface area contributed by atoms with Gasteiger partial charge in [-0.1, -0.05) is 49.4 Å². The van der Waals surface area contributed by atoms with Crippen LogP contribution in [0.5, 0.6) is 0 Å². The van der Waals surface area contributed by atoms with Gasteiger partial charge in [0.05, 0.1) is 0 Å². The largest absolute Gasteiger partial charge is 0.370 e. The van der Waals surface area contributed by atoms with Gasteiger partial charge in [0, 0.05) is 45.3 Å². The molecule has 1 aliphatic rings. The summed E-state index contributed by atoms with van der Waals surface area (Å²) in [4.78, 5) is 25.3. The van der Waals surface area contributed by atoms with Crippen LogP contribution in [0.2, 0.25) is 0 Å². The van der Waals surface area contributed by atoms with Gasteiger partial charge < -0.3 is 10.2 Å². The highest BCUT2D eigenvalue weighted by Gasteiger charge is 2.22. The van der Waals surface area contributed by atoms with Gasteiger partial charge in [0.1, 0.15) is 17.8 Å². The Morgan fingerprint density at radius 2 is 1.93 bits per heavy atom. The Morgan fingerprint density at radius 3 is 2.67 bits per heavy atom. The molecule has 0 radical (unpaired) electrons. The average Bonchev–Trinajstić information content (AvgIpc) is 2.73. The van der Waals surface area contributed by atoms with Crippen molar-refractivity contribution < 1.29 is 4.79 Å². The lowest BCUT2D eigenvalue weighted by atomic mass is 10.2. The van der Waals surface area contributed by atoms with Gasteiger partial charge in [-0.05, 0) is 12.0 Å². The van der Waals surface area contributed by atoms with Crippen LogP contribution in [-0.2, 0) is 0 Å². The predicted octanol–water partition coefficient (Wildman–Crippen LogP) is 2.77. The van der Waals surface area contributed by atoms with Crippen LogP contribution in [0.15, 0.2) is 48.8 Å². The third kappa shape index (κ3) is 5.62. The van der Waals surface area contributed by atoms with Gasteiger partial charge in [0.15, 0.2) is 0 Å². The Balaban J connectivity index is 1.48. The SMILES string of the molecule is CCCNc1cc(C(=O)N2CCN(C/C=C/c3ccccc3)CC2)ncn1. The van der Waals surface area contributed by atoms with Crippen LogP contribution in [0, 0.1) is 0 Å². The molecule has 0 saturated carbocycles. The minimum atomic E-state index is -0.0172. The highest BCUT2D eigenvalue weighted by Crippen LogP contribution is 2.10. The van der Waals surface area contributed by atoms with Crippen molar-refractivity contribution >= 4 is 17.8 Å². The summed E-state index contributed by atoms with van der Waals surface area (Å²) in [7, 11) is 0. The molecule has 142 valence electrons. The van der Waals surface area contributed by atoms with E-state index in [1.807, 2.05) is 23.1 Å². The average molecular weight is 365 g/mol. The molecule has 0 bridgehead atoms. The topological polar surface area (TPSA) is 61.4 Å². The number of benzene rings is 1. The van der Waals surface area contributed by atoms with Crippen molar-refractivity contribution in [3.63, 3.8) is 0 Å². The number of anilines is 1. The van der Waals surface area contributed by atoms with Crippen LogP contribution < -0.4 is 5.32 Å². The fourth-order valence-electron chi connectivity index (χ4n) is 3.02. The first kappa shape index (κ1) is 19.0. The molecule has 1 aromatic carbocycles.